The first-order valence-electron chi connectivity index (χ1n) is 4.81. The fraction of sp³-hybridized carbons (Fsp3) is 0.0909. The van der Waals surface area contributed by atoms with Gasteiger partial charge in [0.1, 0.15) is 0 Å². The van der Waals surface area contributed by atoms with Gasteiger partial charge in [0.15, 0.2) is 16.6 Å². The molecule has 0 saturated heterocycles. The van der Waals surface area contributed by atoms with Gasteiger partial charge in [-0.25, -0.2) is 9.50 Å². The van der Waals surface area contributed by atoms with Crippen LogP contribution < -0.4 is 0 Å². The van der Waals surface area contributed by atoms with Crippen molar-refractivity contribution in [2.75, 3.05) is 0 Å². The molecule has 0 atom stereocenters. The molecule has 16 heavy (non-hydrogen) atoms. The average molecular weight is 234 g/mol. The summed E-state index contributed by atoms with van der Waals surface area (Å²) in [5.74, 6) is 1.11. The van der Waals surface area contributed by atoms with Gasteiger partial charge in [0.2, 0.25) is 5.82 Å². The molecule has 5 heteroatoms. The summed E-state index contributed by atoms with van der Waals surface area (Å²) < 4.78 is 6.96. The van der Waals surface area contributed by atoms with E-state index in [1.807, 2.05) is 25.3 Å². The number of halogens is 1. The van der Waals surface area contributed by atoms with Crippen LogP contribution in [0.25, 0.3) is 17.2 Å². The number of furan rings is 1. The highest BCUT2D eigenvalue weighted by Crippen LogP contribution is 2.22. The number of aryl methyl sites for hydroxylation is 1. The molecular weight excluding hydrogens is 226 g/mol. The third-order valence-electron chi connectivity index (χ3n) is 2.29. The molecule has 0 unspecified atom stereocenters. The number of nitrogens with zero attached hydrogens (tertiary/aromatic N) is 3. The Bertz CT molecular complexity index is 656. The van der Waals surface area contributed by atoms with Crippen molar-refractivity contribution in [3.05, 3.63) is 41.2 Å². The van der Waals surface area contributed by atoms with Crippen molar-refractivity contribution >= 4 is 17.2 Å². The predicted molar refractivity (Wildman–Crippen MR) is 60.4 cm³/mol. The number of rotatable bonds is 1. The third-order valence-corrected chi connectivity index (χ3v) is 2.49. The topological polar surface area (TPSA) is 43.3 Å². The largest absolute Gasteiger partial charge is 0.441 e. The molecule has 0 aliphatic heterocycles. The van der Waals surface area contributed by atoms with E-state index in [9.17, 15) is 0 Å². The van der Waals surface area contributed by atoms with Crippen molar-refractivity contribution < 1.29 is 4.42 Å². The van der Waals surface area contributed by atoms with Gasteiger partial charge >= 0.3 is 0 Å². The summed E-state index contributed by atoms with van der Waals surface area (Å²) in [5, 5.41) is 4.63. The van der Waals surface area contributed by atoms with Crippen molar-refractivity contribution in [1.82, 2.24) is 14.6 Å². The van der Waals surface area contributed by atoms with Gasteiger partial charge in [0.25, 0.3) is 0 Å². The molecule has 0 aliphatic carbocycles. The molecule has 4 nitrogen and oxygen atoms in total. The molecule has 0 radical (unpaired) electrons. The minimum atomic E-state index is 0.338. The lowest BCUT2D eigenvalue weighted by Gasteiger charge is -1.90. The normalized spacial score (nSPS) is 11.1. The van der Waals surface area contributed by atoms with Crippen LogP contribution >= 0.6 is 11.6 Å². The molecule has 0 N–H and O–H groups in total. The lowest BCUT2D eigenvalue weighted by Crippen LogP contribution is -1.86. The monoisotopic (exact) mass is 233 g/mol. The second-order valence-corrected chi connectivity index (χ2v) is 3.92. The van der Waals surface area contributed by atoms with E-state index in [0.717, 1.165) is 11.2 Å². The van der Waals surface area contributed by atoms with Crippen molar-refractivity contribution in [1.29, 1.82) is 0 Å². The molecular formula is C11H8ClN3O. The van der Waals surface area contributed by atoms with Crippen LogP contribution in [0, 0.1) is 6.92 Å². The number of hydrogen-bond donors (Lipinski definition) is 0. The van der Waals surface area contributed by atoms with E-state index in [1.165, 1.54) is 0 Å². The van der Waals surface area contributed by atoms with Gasteiger partial charge in [-0.1, -0.05) is 0 Å². The predicted octanol–water partition coefficient (Wildman–Crippen LogP) is 2.95. The highest BCUT2D eigenvalue weighted by atomic mass is 35.5. The zero-order valence-electron chi connectivity index (χ0n) is 8.51. The van der Waals surface area contributed by atoms with Crippen molar-refractivity contribution in [2.45, 2.75) is 6.92 Å². The van der Waals surface area contributed by atoms with Gasteiger partial charge in [-0.3, -0.25) is 0 Å². The zero-order valence-corrected chi connectivity index (χ0v) is 9.27. The zero-order chi connectivity index (χ0) is 11.1. The van der Waals surface area contributed by atoms with E-state index in [1.54, 1.807) is 16.6 Å². The van der Waals surface area contributed by atoms with Gasteiger partial charge in [-0.15, -0.1) is 5.10 Å². The smallest absolute Gasteiger partial charge is 0.217 e. The van der Waals surface area contributed by atoms with Crippen LogP contribution in [0.15, 0.2) is 34.9 Å². The molecule has 0 amide bonds. The van der Waals surface area contributed by atoms with Gasteiger partial charge in [-0.05, 0) is 48.4 Å². The van der Waals surface area contributed by atoms with E-state index in [-0.39, 0.29) is 0 Å². The standard InChI is InChI=1S/C11H8ClN3O/c1-7-4-5-15-10(6-7)13-11(14-15)8-2-3-9(12)16-8/h2-6H,1H3. The molecule has 0 spiro atoms. The fourth-order valence-electron chi connectivity index (χ4n) is 1.52. The molecule has 0 aromatic carbocycles. The summed E-state index contributed by atoms with van der Waals surface area (Å²) in [6.07, 6.45) is 1.87. The molecule has 3 heterocycles. The maximum atomic E-state index is 5.71. The number of hydrogen-bond acceptors (Lipinski definition) is 3. The molecule has 3 rings (SSSR count). The van der Waals surface area contributed by atoms with Gasteiger partial charge in [0, 0.05) is 6.20 Å². The molecule has 80 valence electrons. The van der Waals surface area contributed by atoms with E-state index in [2.05, 4.69) is 10.1 Å². The van der Waals surface area contributed by atoms with E-state index in [4.69, 9.17) is 16.0 Å². The first-order chi connectivity index (χ1) is 7.72. The fourth-order valence-corrected chi connectivity index (χ4v) is 1.67. The highest BCUT2D eigenvalue weighted by Gasteiger charge is 2.09. The number of fused-ring (bicyclic) bond motifs is 1. The first-order valence-corrected chi connectivity index (χ1v) is 5.19. The maximum Gasteiger partial charge on any atom is 0.217 e. The minimum Gasteiger partial charge on any atom is -0.441 e. The molecule has 0 saturated carbocycles. The van der Waals surface area contributed by atoms with Crippen LogP contribution in [0.5, 0.6) is 0 Å². The third kappa shape index (κ3) is 1.47. The summed E-state index contributed by atoms with van der Waals surface area (Å²) >= 11 is 5.71. The lowest BCUT2D eigenvalue weighted by atomic mass is 10.3. The van der Waals surface area contributed by atoms with Gasteiger partial charge in [-0.2, -0.15) is 0 Å². The second-order valence-electron chi connectivity index (χ2n) is 3.55. The van der Waals surface area contributed by atoms with Crippen LogP contribution in [-0.2, 0) is 0 Å². The van der Waals surface area contributed by atoms with Gasteiger partial charge < -0.3 is 4.42 Å². The van der Waals surface area contributed by atoms with Crippen LogP contribution in [0.2, 0.25) is 5.22 Å². The highest BCUT2D eigenvalue weighted by molar-refractivity contribution is 6.28. The minimum absolute atomic E-state index is 0.338. The van der Waals surface area contributed by atoms with Gasteiger partial charge in [0.05, 0.1) is 0 Å². The molecule has 3 aromatic heterocycles. The number of pyridine rings is 1. The Hall–Kier alpha value is -1.81. The average Bonchev–Trinajstić information content (AvgIpc) is 2.83. The molecule has 0 fully saturated rings. The second kappa shape index (κ2) is 3.35. The van der Waals surface area contributed by atoms with Crippen LogP contribution in [0.1, 0.15) is 5.56 Å². The summed E-state index contributed by atoms with van der Waals surface area (Å²) in [4.78, 5) is 4.36. The quantitative estimate of drug-likeness (QED) is 0.649. The van der Waals surface area contributed by atoms with E-state index < -0.39 is 0 Å². The van der Waals surface area contributed by atoms with Crippen molar-refractivity contribution in [2.24, 2.45) is 0 Å². The Morgan fingerprint density at radius 1 is 1.31 bits per heavy atom. The Kier molecular flexibility index (Phi) is 1.97. The summed E-state index contributed by atoms with van der Waals surface area (Å²) in [5.41, 5.74) is 1.94. The Morgan fingerprint density at radius 2 is 2.19 bits per heavy atom. The Morgan fingerprint density at radius 3 is 2.94 bits per heavy atom. The van der Waals surface area contributed by atoms with Crippen molar-refractivity contribution in [3.63, 3.8) is 0 Å². The van der Waals surface area contributed by atoms with Crippen molar-refractivity contribution in [3.8, 4) is 11.6 Å². The molecule has 0 aliphatic rings. The van der Waals surface area contributed by atoms with Crippen LogP contribution in [0.3, 0.4) is 0 Å². The Balaban J connectivity index is 2.18. The first kappa shape index (κ1) is 9.42. The molecule has 0 bridgehead atoms. The van der Waals surface area contributed by atoms with Crippen LogP contribution in [-0.4, -0.2) is 14.6 Å². The summed E-state index contributed by atoms with van der Waals surface area (Å²) in [7, 11) is 0. The SMILES string of the molecule is Cc1ccn2nc(-c3ccc(Cl)o3)nc2c1. The molecule has 3 aromatic rings. The summed E-state index contributed by atoms with van der Waals surface area (Å²) in [6, 6.07) is 7.36. The van der Waals surface area contributed by atoms with Crippen LogP contribution in [0.4, 0.5) is 0 Å². The summed E-state index contributed by atoms with van der Waals surface area (Å²) in [6.45, 7) is 2.01. The maximum absolute atomic E-state index is 5.71. The van der Waals surface area contributed by atoms with E-state index >= 15 is 0 Å². The Labute approximate surface area is 96.5 Å². The van der Waals surface area contributed by atoms with E-state index in [0.29, 0.717) is 16.8 Å². The number of aromatic nitrogens is 3. The lowest BCUT2D eigenvalue weighted by molar-refractivity contribution is 0.579.